The van der Waals surface area contributed by atoms with E-state index in [9.17, 15) is 19.7 Å². The van der Waals surface area contributed by atoms with Crippen molar-refractivity contribution in [3.8, 4) is 11.8 Å². The number of nitrogens with zero attached hydrogens (tertiary/aromatic N) is 4. The van der Waals surface area contributed by atoms with E-state index in [1.807, 2.05) is 6.07 Å². The van der Waals surface area contributed by atoms with Crippen LogP contribution < -0.4 is 10.5 Å². The Morgan fingerprint density at radius 1 is 1.34 bits per heavy atom. The van der Waals surface area contributed by atoms with Gasteiger partial charge in [-0.25, -0.2) is 23.4 Å². The molecule has 5 atom stereocenters. The van der Waals surface area contributed by atoms with E-state index in [0.717, 1.165) is 0 Å². The molecule has 0 saturated carbocycles. The molecule has 1 aromatic carbocycles. The monoisotopic (exact) mass is 503 g/mol. The van der Waals surface area contributed by atoms with Crippen molar-refractivity contribution in [3.05, 3.63) is 54.5 Å². The van der Waals surface area contributed by atoms with Crippen LogP contribution in [0.1, 0.15) is 5.69 Å². The van der Waals surface area contributed by atoms with Crippen molar-refractivity contribution in [2.75, 3.05) is 19.1 Å². The molecule has 2 fully saturated rings. The Kier molecular flexibility index (Phi) is 5.89. The van der Waals surface area contributed by atoms with Gasteiger partial charge in [-0.05, 0) is 24.3 Å². The van der Waals surface area contributed by atoms with Crippen LogP contribution in [-0.4, -0.2) is 57.6 Å². The Hall–Kier alpha value is -3.57. The van der Waals surface area contributed by atoms with Crippen molar-refractivity contribution in [1.29, 1.82) is 5.26 Å². The highest BCUT2D eigenvalue weighted by Crippen LogP contribution is 2.58. The molecule has 0 radical (unpaired) electrons. The van der Waals surface area contributed by atoms with E-state index in [2.05, 4.69) is 10.1 Å². The zero-order chi connectivity index (χ0) is 24.6. The summed E-state index contributed by atoms with van der Waals surface area (Å²) < 4.78 is 45.3. The minimum atomic E-state index is -4.29. The second kappa shape index (κ2) is 8.90. The lowest BCUT2D eigenvalue weighted by Crippen LogP contribution is -2.43. The number of benzene rings is 1. The molecule has 0 amide bonds. The highest BCUT2D eigenvalue weighted by Gasteiger charge is 2.62. The Bertz CT molecular complexity index is 1350. The van der Waals surface area contributed by atoms with Gasteiger partial charge in [-0.2, -0.15) is 10.4 Å². The minimum Gasteiger partial charge on any atom is -0.406 e. The van der Waals surface area contributed by atoms with E-state index in [1.165, 1.54) is 29.0 Å². The number of carbonyl (C=O) groups is 1. The maximum absolute atomic E-state index is 12.9. The van der Waals surface area contributed by atoms with Crippen molar-refractivity contribution in [1.82, 2.24) is 14.6 Å². The van der Waals surface area contributed by atoms with Crippen molar-refractivity contribution in [2.45, 2.75) is 23.9 Å². The average Bonchev–Trinajstić information content (AvgIpc) is 3.40. The fourth-order valence-electron chi connectivity index (χ4n) is 3.83. The fraction of sp³-hybridized carbons (Fsp3) is 0.300. The summed E-state index contributed by atoms with van der Waals surface area (Å²) in [5.74, 6) is 0.397. The van der Waals surface area contributed by atoms with Gasteiger partial charge in [0, 0.05) is 0 Å². The quantitative estimate of drug-likeness (QED) is 0.221. The van der Waals surface area contributed by atoms with Crippen LogP contribution in [0.5, 0.6) is 5.75 Å². The molecule has 0 unspecified atom stereocenters. The smallest absolute Gasteiger partial charge is 0.406 e. The third-order valence-electron chi connectivity index (χ3n) is 5.44. The summed E-state index contributed by atoms with van der Waals surface area (Å²) in [6, 6.07) is 13.2. The van der Waals surface area contributed by atoms with Crippen LogP contribution in [0.25, 0.3) is 5.52 Å². The second-order valence-electron chi connectivity index (χ2n) is 7.48. The minimum absolute atomic E-state index is 0.160. The lowest BCUT2D eigenvalue weighted by Gasteiger charge is -2.30. The molecule has 14 nitrogen and oxygen atoms in total. The molecule has 0 bridgehead atoms. The molecule has 2 saturated heterocycles. The lowest BCUT2D eigenvalue weighted by atomic mass is 9.92. The molecule has 0 spiro atoms. The number of phosphoric ester groups is 1. The number of nitriles is 1. The summed E-state index contributed by atoms with van der Waals surface area (Å²) in [5, 5.41) is 25.1. The summed E-state index contributed by atoms with van der Waals surface area (Å²) in [6.07, 6.45) is -3.77. The Labute approximate surface area is 197 Å². The van der Waals surface area contributed by atoms with Crippen molar-refractivity contribution in [2.24, 2.45) is 0 Å². The first kappa shape index (κ1) is 23.2. The Morgan fingerprint density at radius 3 is 2.91 bits per heavy atom. The number of nitrogens with two attached hydrogens (primary N) is 1. The number of hydrogen-bond acceptors (Lipinski definition) is 13. The Morgan fingerprint density at radius 2 is 2.14 bits per heavy atom. The van der Waals surface area contributed by atoms with Crippen LogP contribution in [0, 0.1) is 11.3 Å². The number of phosphoric acid groups is 1. The van der Waals surface area contributed by atoms with E-state index < -0.39 is 44.7 Å². The molecule has 182 valence electrons. The predicted molar refractivity (Wildman–Crippen MR) is 114 cm³/mol. The van der Waals surface area contributed by atoms with Gasteiger partial charge in [-0.3, -0.25) is 9.05 Å². The highest BCUT2D eigenvalue weighted by molar-refractivity contribution is 7.48. The van der Waals surface area contributed by atoms with E-state index >= 15 is 0 Å². The molecule has 0 aliphatic carbocycles. The third kappa shape index (κ3) is 4.10. The van der Waals surface area contributed by atoms with Crippen molar-refractivity contribution in [3.63, 3.8) is 0 Å². The third-order valence-corrected chi connectivity index (χ3v) is 6.83. The molecule has 4 heterocycles. The first-order valence-corrected chi connectivity index (χ1v) is 11.6. The van der Waals surface area contributed by atoms with E-state index in [1.54, 1.807) is 24.3 Å². The predicted octanol–water partition coefficient (Wildman–Crippen LogP) is 1.50. The number of anilines is 1. The van der Waals surface area contributed by atoms with Gasteiger partial charge in [0.1, 0.15) is 42.0 Å². The number of rotatable bonds is 5. The number of hydrogen-bond donors (Lipinski definition) is 2. The summed E-state index contributed by atoms with van der Waals surface area (Å²) in [4.78, 5) is 15.7. The van der Waals surface area contributed by atoms with E-state index in [4.69, 9.17) is 33.5 Å². The number of aliphatic hydroxyl groups excluding tert-OH is 1. The van der Waals surface area contributed by atoms with Crippen molar-refractivity contribution >= 4 is 25.3 Å². The van der Waals surface area contributed by atoms with Crippen LogP contribution in [0.4, 0.5) is 10.6 Å². The largest absolute Gasteiger partial charge is 0.515 e. The maximum atomic E-state index is 12.9. The summed E-state index contributed by atoms with van der Waals surface area (Å²) in [7, 11) is -4.29. The zero-order valence-corrected chi connectivity index (χ0v) is 18.7. The van der Waals surface area contributed by atoms with Gasteiger partial charge in [0.25, 0.3) is 0 Å². The van der Waals surface area contributed by atoms with Crippen LogP contribution in [0.15, 0.2) is 48.8 Å². The van der Waals surface area contributed by atoms with Gasteiger partial charge in [-0.1, -0.05) is 18.2 Å². The second-order valence-corrected chi connectivity index (χ2v) is 9.10. The number of fused-ring (bicyclic) bond motifs is 2. The number of ether oxygens (including phenoxy) is 3. The molecule has 2 aromatic heterocycles. The first-order valence-electron chi connectivity index (χ1n) is 10.2. The SMILES string of the molecule is N#C[C@@]1(c2ccc3c(N)ncnn23)O[C@@H]2CO[P@](=O)(OCOC(=O)Oc3ccccc3)O[C@H]2[C@H]1O. The molecule has 15 heteroatoms. The van der Waals surface area contributed by atoms with Gasteiger partial charge in [0.2, 0.25) is 12.4 Å². The van der Waals surface area contributed by atoms with Crippen LogP contribution >= 0.6 is 7.82 Å². The van der Waals surface area contributed by atoms with Gasteiger partial charge >= 0.3 is 14.0 Å². The van der Waals surface area contributed by atoms with E-state index in [0.29, 0.717) is 5.52 Å². The average molecular weight is 503 g/mol. The normalized spacial score (nSPS) is 29.9. The molecule has 2 aliphatic rings. The van der Waals surface area contributed by atoms with Crippen molar-refractivity contribution < 1.29 is 42.2 Å². The number of aliphatic hydroxyl groups is 1. The van der Waals surface area contributed by atoms with Crippen LogP contribution in [-0.2, 0) is 33.2 Å². The lowest BCUT2D eigenvalue weighted by molar-refractivity contribution is -0.0851. The highest BCUT2D eigenvalue weighted by atomic mass is 31.2. The zero-order valence-electron chi connectivity index (χ0n) is 17.8. The van der Waals surface area contributed by atoms with Gasteiger partial charge in [0.15, 0.2) is 5.82 Å². The van der Waals surface area contributed by atoms with Crippen LogP contribution in [0.2, 0.25) is 0 Å². The number of carbonyl (C=O) groups excluding carboxylic acids is 1. The summed E-state index contributed by atoms with van der Waals surface area (Å²) in [6.45, 7) is -1.16. The molecule has 35 heavy (non-hydrogen) atoms. The number of para-hydroxylation sites is 1. The Balaban J connectivity index is 1.27. The maximum Gasteiger partial charge on any atom is 0.515 e. The topological polar surface area (TPSA) is 190 Å². The van der Waals surface area contributed by atoms with Crippen LogP contribution in [0.3, 0.4) is 0 Å². The number of aromatic nitrogens is 3. The van der Waals surface area contributed by atoms with Gasteiger partial charge < -0.3 is 25.1 Å². The summed E-state index contributed by atoms with van der Waals surface area (Å²) in [5.41, 5.74) is 4.46. The molecular weight excluding hydrogens is 485 g/mol. The number of nitrogen functional groups attached to an aromatic ring is 1. The molecule has 5 rings (SSSR count). The van der Waals surface area contributed by atoms with E-state index in [-0.39, 0.29) is 23.9 Å². The standard InChI is InChI=1S/C20H18N5O9P/c21-9-20(15-7-6-13-18(22)23-10-24-25(13)15)17(26)16-14(33-20)8-30-35(28,34-16)31-11-29-19(27)32-12-4-2-1-3-5-12/h1-7,10,14,16-17,26H,8,11H2,(H2,22,23,24)/t14-,16-,17-,20+,35-/m1/s1. The van der Waals surface area contributed by atoms with Gasteiger partial charge in [-0.15, -0.1) is 0 Å². The van der Waals surface area contributed by atoms with Gasteiger partial charge in [0.05, 0.1) is 12.3 Å². The fourth-order valence-corrected chi connectivity index (χ4v) is 5.08. The summed E-state index contributed by atoms with van der Waals surface area (Å²) >= 11 is 0. The molecular formula is C20H18N5O9P. The molecule has 2 aliphatic heterocycles. The molecule has 3 aromatic rings. The molecule has 3 N–H and O–H groups in total. The first-order chi connectivity index (χ1) is 16.8.